The molecule has 0 amide bonds. The molecule has 1 radical (unpaired) electrons. The van der Waals surface area contributed by atoms with E-state index in [1.165, 1.54) is 0 Å². The molecular formula is C7H6RbRe-. The van der Waals surface area contributed by atoms with Crippen LogP contribution in [0, 0.1) is 19.1 Å². The molecule has 0 aliphatic carbocycles. The molecule has 0 aliphatic heterocycles. The molecule has 0 N–H and O–H groups in total. The number of benzene rings is 1. The zero-order chi connectivity index (χ0) is 5.11. The average Bonchev–Trinajstić information content (AvgIpc) is 1.69. The summed E-state index contributed by atoms with van der Waals surface area (Å²) in [6.45, 7) is 2.00. The largest absolute Gasteiger partial charge is 1.00 e. The average molecular weight is 362 g/mol. The van der Waals surface area contributed by atoms with E-state index in [1.54, 1.807) is 0 Å². The third-order valence-corrected chi connectivity index (χ3v) is 0.790. The van der Waals surface area contributed by atoms with Gasteiger partial charge in [-0.05, 0) is 0 Å². The van der Waals surface area contributed by atoms with Gasteiger partial charge in [0.05, 0.1) is 0 Å². The quantitative estimate of drug-likeness (QED) is 0.499. The summed E-state index contributed by atoms with van der Waals surface area (Å²) in [5, 5.41) is 0. The fraction of sp³-hybridized carbons (Fsp3) is 0.143. The fourth-order valence-corrected chi connectivity index (χ4v) is 0.436. The van der Waals surface area contributed by atoms with Crippen molar-refractivity contribution in [2.75, 3.05) is 0 Å². The maximum absolute atomic E-state index is 3.00. The molecule has 0 aliphatic rings. The van der Waals surface area contributed by atoms with Gasteiger partial charge >= 0.3 is 58.2 Å². The summed E-state index contributed by atoms with van der Waals surface area (Å²) in [6, 6.07) is 11.5. The molecule has 0 atom stereocenters. The van der Waals surface area contributed by atoms with Crippen molar-refractivity contribution in [2.45, 2.75) is 6.92 Å². The molecule has 0 unspecified atom stereocenters. The SMILES string of the molecule is Cc1[c-]cc[c-]c1.[Rb+].[Re]. The second-order valence-electron chi connectivity index (χ2n) is 1.47. The van der Waals surface area contributed by atoms with E-state index in [1.807, 2.05) is 25.1 Å². The van der Waals surface area contributed by atoms with Crippen molar-refractivity contribution in [1.29, 1.82) is 0 Å². The van der Waals surface area contributed by atoms with E-state index in [2.05, 4.69) is 12.1 Å². The van der Waals surface area contributed by atoms with Crippen LogP contribution >= 0.6 is 0 Å². The second kappa shape index (κ2) is 7.79. The molecule has 1 rings (SSSR count). The van der Waals surface area contributed by atoms with E-state index in [0.717, 1.165) is 5.56 Å². The van der Waals surface area contributed by atoms with Gasteiger partial charge in [-0.15, -0.1) is 6.92 Å². The molecular weight excluding hydrogens is 356 g/mol. The summed E-state index contributed by atoms with van der Waals surface area (Å²) in [4.78, 5) is 0. The van der Waals surface area contributed by atoms with Gasteiger partial charge < -0.3 is 12.1 Å². The Kier molecular flexibility index (Phi) is 11.5. The Labute approximate surface area is 119 Å². The van der Waals surface area contributed by atoms with Gasteiger partial charge in [0, 0.05) is 20.4 Å². The van der Waals surface area contributed by atoms with Crippen molar-refractivity contribution in [3.05, 3.63) is 35.9 Å². The minimum atomic E-state index is 0. The summed E-state index contributed by atoms with van der Waals surface area (Å²) >= 11 is 0. The maximum Gasteiger partial charge on any atom is 1.00 e. The molecule has 0 fully saturated rings. The van der Waals surface area contributed by atoms with Crippen molar-refractivity contribution in [3.63, 3.8) is 0 Å². The summed E-state index contributed by atoms with van der Waals surface area (Å²) in [7, 11) is 0. The van der Waals surface area contributed by atoms with Gasteiger partial charge in [0.2, 0.25) is 0 Å². The first-order valence-electron chi connectivity index (χ1n) is 2.24. The summed E-state index contributed by atoms with van der Waals surface area (Å²) in [6.07, 6.45) is 0. The molecule has 0 bridgehead atoms. The van der Waals surface area contributed by atoms with Crippen molar-refractivity contribution in [3.8, 4) is 0 Å². The van der Waals surface area contributed by atoms with Crippen LogP contribution in [0.5, 0.6) is 0 Å². The molecule has 0 saturated carbocycles. The van der Waals surface area contributed by atoms with Crippen LogP contribution in [0.2, 0.25) is 0 Å². The molecule has 0 saturated heterocycles. The first-order valence-corrected chi connectivity index (χ1v) is 2.24. The molecule has 1 aromatic carbocycles. The molecule has 0 spiro atoms. The summed E-state index contributed by atoms with van der Waals surface area (Å²) in [5.74, 6) is 0. The normalized spacial score (nSPS) is 6.78. The van der Waals surface area contributed by atoms with Crippen molar-refractivity contribution >= 4 is 0 Å². The second-order valence-corrected chi connectivity index (χ2v) is 1.47. The van der Waals surface area contributed by atoms with Gasteiger partial charge in [0.1, 0.15) is 0 Å². The van der Waals surface area contributed by atoms with Crippen LogP contribution < -0.4 is 58.2 Å². The molecule has 0 nitrogen and oxygen atoms in total. The maximum atomic E-state index is 3.00. The smallest absolute Gasteiger partial charge is 0.319 e. The van der Waals surface area contributed by atoms with Crippen LogP contribution in [0.4, 0.5) is 0 Å². The number of hydrogen-bond acceptors (Lipinski definition) is 0. The number of hydrogen-bond donors (Lipinski definition) is 0. The molecule has 1 aromatic rings. The van der Waals surface area contributed by atoms with Gasteiger partial charge in [-0.2, -0.15) is 0 Å². The number of rotatable bonds is 0. The number of aryl methyl sites for hydroxylation is 1. The Bertz CT molecular complexity index is 139. The molecule has 43 valence electrons. The minimum absolute atomic E-state index is 0. The zero-order valence-corrected chi connectivity index (χ0v) is 13.2. The van der Waals surface area contributed by atoms with Gasteiger partial charge in [0.15, 0.2) is 0 Å². The van der Waals surface area contributed by atoms with Crippen molar-refractivity contribution < 1.29 is 78.6 Å². The summed E-state index contributed by atoms with van der Waals surface area (Å²) < 4.78 is 0. The Morgan fingerprint density at radius 1 is 1.33 bits per heavy atom. The van der Waals surface area contributed by atoms with Crippen LogP contribution in [0.3, 0.4) is 0 Å². The van der Waals surface area contributed by atoms with E-state index in [0.29, 0.717) is 0 Å². The monoisotopic (exact) mass is 362 g/mol. The Morgan fingerprint density at radius 2 is 2.00 bits per heavy atom. The molecule has 0 aromatic heterocycles. The van der Waals surface area contributed by atoms with E-state index in [9.17, 15) is 0 Å². The van der Waals surface area contributed by atoms with Gasteiger partial charge in [-0.1, -0.05) is 0 Å². The Morgan fingerprint density at radius 3 is 2.22 bits per heavy atom. The topological polar surface area (TPSA) is 0 Å². The molecule has 9 heavy (non-hydrogen) atoms. The van der Waals surface area contributed by atoms with Gasteiger partial charge in [0.25, 0.3) is 0 Å². The van der Waals surface area contributed by atoms with Crippen LogP contribution in [0.25, 0.3) is 0 Å². The van der Waals surface area contributed by atoms with E-state index < -0.39 is 0 Å². The first kappa shape index (κ1) is 13.3. The van der Waals surface area contributed by atoms with Gasteiger partial charge in [-0.25, -0.2) is 0 Å². The van der Waals surface area contributed by atoms with Crippen LogP contribution in [-0.2, 0) is 20.4 Å². The predicted molar refractivity (Wildman–Crippen MR) is 28.9 cm³/mol. The molecule has 2 heteroatoms. The van der Waals surface area contributed by atoms with E-state index in [4.69, 9.17) is 0 Å². The Hall–Kier alpha value is 1.69. The van der Waals surface area contributed by atoms with E-state index >= 15 is 0 Å². The van der Waals surface area contributed by atoms with Crippen LogP contribution in [0.1, 0.15) is 5.56 Å². The van der Waals surface area contributed by atoms with Crippen LogP contribution in [0.15, 0.2) is 18.2 Å². The fourth-order valence-electron chi connectivity index (χ4n) is 0.436. The van der Waals surface area contributed by atoms with Crippen molar-refractivity contribution in [1.82, 2.24) is 0 Å². The third kappa shape index (κ3) is 6.10. The van der Waals surface area contributed by atoms with E-state index in [-0.39, 0.29) is 78.6 Å². The van der Waals surface area contributed by atoms with Crippen molar-refractivity contribution in [2.24, 2.45) is 0 Å². The molecule has 0 heterocycles. The zero-order valence-electron chi connectivity index (χ0n) is 5.61. The predicted octanol–water partition coefficient (Wildman–Crippen LogP) is -1.40. The Balaban J connectivity index is 0. The minimum Gasteiger partial charge on any atom is -0.319 e. The third-order valence-electron chi connectivity index (χ3n) is 0.790. The summed E-state index contributed by atoms with van der Waals surface area (Å²) in [5.41, 5.74) is 1.14. The van der Waals surface area contributed by atoms with Gasteiger partial charge in [-0.3, -0.25) is 23.8 Å². The standard InChI is InChI=1S/C7H6.Rb.Re/c1-7-5-3-2-4-6-7;;/h2-3,6H,1H3;;/q-2;+1;. The van der Waals surface area contributed by atoms with Crippen LogP contribution in [-0.4, -0.2) is 0 Å². The first-order chi connectivity index (χ1) is 3.39.